The summed E-state index contributed by atoms with van der Waals surface area (Å²) in [6.45, 7) is 1.97. The first-order chi connectivity index (χ1) is 5.18. The SMILES string of the molecule is CCC12[CH-]C(C1)C(=O)NC2=O.[Rb+]. The predicted octanol–water partition coefficient (Wildman–Crippen LogP) is -2.73. The van der Waals surface area contributed by atoms with Crippen molar-refractivity contribution in [2.24, 2.45) is 11.3 Å². The van der Waals surface area contributed by atoms with Crippen molar-refractivity contribution in [3.8, 4) is 0 Å². The summed E-state index contributed by atoms with van der Waals surface area (Å²) in [7, 11) is 0. The number of nitrogens with one attached hydrogen (secondary N) is 1. The maximum Gasteiger partial charge on any atom is 1.00 e. The van der Waals surface area contributed by atoms with Crippen LogP contribution in [0.2, 0.25) is 0 Å². The molecule has 0 radical (unpaired) electrons. The summed E-state index contributed by atoms with van der Waals surface area (Å²) in [6, 6.07) is 0. The predicted molar refractivity (Wildman–Crippen MR) is 38.3 cm³/mol. The van der Waals surface area contributed by atoms with E-state index in [1.165, 1.54) is 0 Å². The number of carbonyl (C=O) groups is 2. The van der Waals surface area contributed by atoms with Crippen LogP contribution in [0.15, 0.2) is 0 Å². The van der Waals surface area contributed by atoms with Gasteiger partial charge in [0.15, 0.2) is 5.91 Å². The Morgan fingerprint density at radius 2 is 2.25 bits per heavy atom. The minimum atomic E-state index is -0.293. The molecule has 2 bridgehead atoms. The summed E-state index contributed by atoms with van der Waals surface area (Å²) in [5.41, 5.74) is -0.293. The largest absolute Gasteiger partial charge is 1.00 e. The van der Waals surface area contributed by atoms with Gasteiger partial charge in [-0.15, -0.1) is 0 Å². The third-order valence-electron chi connectivity index (χ3n) is 2.76. The fourth-order valence-corrected chi connectivity index (χ4v) is 1.83. The molecule has 3 rings (SSSR count). The Bertz CT molecular complexity index is 233. The van der Waals surface area contributed by atoms with E-state index in [0.717, 1.165) is 12.8 Å². The van der Waals surface area contributed by atoms with Crippen molar-refractivity contribution in [1.29, 1.82) is 0 Å². The van der Waals surface area contributed by atoms with Gasteiger partial charge >= 0.3 is 58.2 Å². The van der Waals surface area contributed by atoms with Gasteiger partial charge in [0.25, 0.3) is 0 Å². The van der Waals surface area contributed by atoms with E-state index in [2.05, 4.69) is 5.32 Å². The summed E-state index contributed by atoms with van der Waals surface area (Å²) < 4.78 is 0. The van der Waals surface area contributed by atoms with Crippen molar-refractivity contribution in [1.82, 2.24) is 5.32 Å². The molecule has 1 aliphatic carbocycles. The number of hydrogen-bond acceptors (Lipinski definition) is 2. The molecule has 2 aliphatic heterocycles. The third kappa shape index (κ3) is 1.39. The van der Waals surface area contributed by atoms with Gasteiger partial charge in [-0.2, -0.15) is 0 Å². The molecule has 0 aromatic heterocycles. The Hall–Kier alpha value is 0.945. The number of rotatable bonds is 1. The Balaban J connectivity index is 0.000000720. The second-order valence-electron chi connectivity index (χ2n) is 3.31. The average molecular weight is 238 g/mol. The number of amides is 2. The van der Waals surface area contributed by atoms with Gasteiger partial charge in [0.05, 0.1) is 0 Å². The van der Waals surface area contributed by atoms with Crippen LogP contribution in [0.3, 0.4) is 0 Å². The Labute approximate surface area is 120 Å². The van der Waals surface area contributed by atoms with Crippen LogP contribution in [-0.2, 0) is 9.59 Å². The van der Waals surface area contributed by atoms with E-state index in [0.29, 0.717) is 0 Å². The first-order valence-electron chi connectivity index (χ1n) is 3.89. The number of imide groups is 1. The molecule has 2 heterocycles. The van der Waals surface area contributed by atoms with Crippen LogP contribution in [0.25, 0.3) is 0 Å². The molecule has 0 spiro atoms. The van der Waals surface area contributed by atoms with Crippen LogP contribution in [0.5, 0.6) is 0 Å². The van der Waals surface area contributed by atoms with E-state index < -0.39 is 0 Å². The van der Waals surface area contributed by atoms with Crippen LogP contribution in [0, 0.1) is 17.8 Å². The molecule has 0 aromatic carbocycles. The minimum Gasteiger partial charge on any atom is -0.301 e. The van der Waals surface area contributed by atoms with Crippen LogP contribution in [0.4, 0.5) is 0 Å². The molecule has 3 aliphatic rings. The molecule has 3 fully saturated rings. The quantitative estimate of drug-likeness (QED) is 0.398. The molecule has 1 N–H and O–H groups in total. The van der Waals surface area contributed by atoms with Crippen LogP contribution in [-0.4, -0.2) is 11.8 Å². The van der Waals surface area contributed by atoms with Crippen molar-refractivity contribution >= 4 is 11.8 Å². The molecule has 12 heavy (non-hydrogen) atoms. The van der Waals surface area contributed by atoms with E-state index >= 15 is 0 Å². The number of piperidine rings is 2. The molecule has 1 saturated carbocycles. The van der Waals surface area contributed by atoms with Gasteiger partial charge in [0.1, 0.15) is 0 Å². The van der Waals surface area contributed by atoms with Gasteiger partial charge < -0.3 is 11.7 Å². The van der Waals surface area contributed by atoms with Gasteiger partial charge in [-0.05, 0) is 0 Å². The summed E-state index contributed by atoms with van der Waals surface area (Å²) in [4.78, 5) is 22.2. The van der Waals surface area contributed by atoms with Crippen molar-refractivity contribution in [3.63, 3.8) is 0 Å². The topological polar surface area (TPSA) is 46.2 Å². The molecule has 2 amide bonds. The molecule has 2 saturated heterocycles. The molecule has 0 aromatic rings. The minimum absolute atomic E-state index is 0. The number of hydrogen-bond donors (Lipinski definition) is 1. The number of carbonyl (C=O) groups excluding carboxylic acids is 2. The van der Waals surface area contributed by atoms with E-state index in [4.69, 9.17) is 0 Å². The van der Waals surface area contributed by atoms with Crippen molar-refractivity contribution < 1.29 is 67.8 Å². The average Bonchev–Trinajstić information content (AvgIpc) is 1.84. The van der Waals surface area contributed by atoms with Crippen molar-refractivity contribution in [3.05, 3.63) is 6.42 Å². The molecule has 4 heteroatoms. The maximum atomic E-state index is 11.2. The summed E-state index contributed by atoms with van der Waals surface area (Å²) in [5.74, 6) is -0.217. The van der Waals surface area contributed by atoms with Crippen LogP contribution < -0.4 is 63.5 Å². The fraction of sp³-hybridized carbons (Fsp3) is 0.625. The number of fused-ring (bicyclic) bond motifs is 2. The Kier molecular flexibility index (Phi) is 3.30. The molecule has 2 atom stereocenters. The standard InChI is InChI=1S/C8H10NO2.Rb/c1-2-8-3-5(4-8)6(10)9-7(8)11;/h3,5H,2,4H2,1H3,(H,9,10,11);/q-1;+1. The van der Waals surface area contributed by atoms with Gasteiger partial charge in [0, 0.05) is 0 Å². The summed E-state index contributed by atoms with van der Waals surface area (Å²) >= 11 is 0. The zero-order valence-corrected chi connectivity index (χ0v) is 12.3. The fourth-order valence-electron chi connectivity index (χ4n) is 1.83. The summed E-state index contributed by atoms with van der Waals surface area (Å²) in [6.07, 6.45) is 3.42. The smallest absolute Gasteiger partial charge is 0.301 e. The molecular formula is C8H10NO2Rb. The maximum absolute atomic E-state index is 11.2. The molecular weight excluding hydrogens is 228 g/mol. The third-order valence-corrected chi connectivity index (χ3v) is 2.76. The van der Waals surface area contributed by atoms with E-state index in [1.807, 2.05) is 13.3 Å². The van der Waals surface area contributed by atoms with Gasteiger partial charge in [-0.25, -0.2) is 0 Å². The van der Waals surface area contributed by atoms with Crippen LogP contribution >= 0.6 is 0 Å². The Morgan fingerprint density at radius 1 is 1.67 bits per heavy atom. The Morgan fingerprint density at radius 3 is 2.67 bits per heavy atom. The van der Waals surface area contributed by atoms with Gasteiger partial charge in [-0.3, -0.25) is 9.59 Å². The zero-order chi connectivity index (χ0) is 8.06. The van der Waals surface area contributed by atoms with E-state index in [9.17, 15) is 9.59 Å². The zero-order valence-electron chi connectivity index (χ0n) is 7.39. The van der Waals surface area contributed by atoms with Crippen molar-refractivity contribution in [2.45, 2.75) is 19.8 Å². The second kappa shape index (κ2) is 3.60. The van der Waals surface area contributed by atoms with E-state index in [-0.39, 0.29) is 81.3 Å². The first-order valence-corrected chi connectivity index (χ1v) is 3.89. The van der Waals surface area contributed by atoms with E-state index in [1.54, 1.807) is 0 Å². The second-order valence-corrected chi connectivity index (χ2v) is 3.31. The van der Waals surface area contributed by atoms with Crippen molar-refractivity contribution in [2.75, 3.05) is 0 Å². The molecule has 3 nitrogen and oxygen atoms in total. The van der Waals surface area contributed by atoms with Gasteiger partial charge in [0.2, 0.25) is 5.91 Å². The first kappa shape index (κ1) is 11.0. The normalized spacial score (nSPS) is 37.9. The summed E-state index contributed by atoms with van der Waals surface area (Å²) in [5, 5.41) is 2.36. The molecule has 60 valence electrons. The molecule has 2 unspecified atom stereocenters. The van der Waals surface area contributed by atoms with Gasteiger partial charge in [-0.1, -0.05) is 31.1 Å². The van der Waals surface area contributed by atoms with Crippen LogP contribution in [0.1, 0.15) is 19.8 Å². The monoisotopic (exact) mass is 237 g/mol.